The summed E-state index contributed by atoms with van der Waals surface area (Å²) in [7, 11) is -0.824. The van der Waals surface area contributed by atoms with Crippen LogP contribution in [0.5, 0.6) is 0 Å². The molecule has 1 heterocycles. The fourth-order valence-corrected chi connectivity index (χ4v) is 3.76. The minimum absolute atomic E-state index is 0.150. The van der Waals surface area contributed by atoms with Crippen LogP contribution in [0.1, 0.15) is 60.3 Å². The Labute approximate surface area is 151 Å². The number of hydrogen-bond donors (Lipinski definition) is 2. The number of guanidine groups is 1. The highest BCUT2D eigenvalue weighted by molar-refractivity contribution is 7.86. The van der Waals surface area contributed by atoms with E-state index in [1.807, 2.05) is 20.8 Å². The minimum Gasteiger partial charge on any atom is -0.357 e. The maximum atomic E-state index is 12.1. The van der Waals surface area contributed by atoms with Gasteiger partial charge < -0.3 is 15.5 Å². The predicted molar refractivity (Wildman–Crippen MR) is 106 cm³/mol. The third kappa shape index (κ3) is 8.47. The molecule has 1 aliphatic heterocycles. The lowest BCUT2D eigenvalue weighted by atomic mass is 10.0. The molecule has 142 valence electrons. The van der Waals surface area contributed by atoms with Gasteiger partial charge in [0.05, 0.1) is 0 Å². The van der Waals surface area contributed by atoms with E-state index in [0.29, 0.717) is 12.3 Å². The van der Waals surface area contributed by atoms with Crippen LogP contribution in [-0.4, -0.2) is 64.3 Å². The molecule has 5 nitrogen and oxygen atoms in total. The van der Waals surface area contributed by atoms with E-state index in [2.05, 4.69) is 34.4 Å². The van der Waals surface area contributed by atoms with Crippen molar-refractivity contribution in [2.45, 2.75) is 71.1 Å². The molecule has 0 bridgehead atoms. The molecule has 2 unspecified atom stereocenters. The van der Waals surface area contributed by atoms with E-state index >= 15 is 0 Å². The van der Waals surface area contributed by atoms with E-state index in [0.717, 1.165) is 38.1 Å². The second kappa shape index (κ2) is 11.1. The average molecular weight is 359 g/mol. The molecule has 0 spiro atoms. The van der Waals surface area contributed by atoms with Gasteiger partial charge in [-0.1, -0.05) is 6.42 Å². The van der Waals surface area contributed by atoms with Gasteiger partial charge in [-0.3, -0.25) is 9.20 Å². The lowest BCUT2D eigenvalue weighted by Gasteiger charge is -2.33. The number of nitrogens with zero attached hydrogens (tertiary/aromatic N) is 2. The summed E-state index contributed by atoms with van der Waals surface area (Å²) in [6.07, 6.45) is 5.14. The molecule has 0 aliphatic carbocycles. The van der Waals surface area contributed by atoms with Crippen molar-refractivity contribution < 1.29 is 4.21 Å². The number of hydrogen-bond acceptors (Lipinski definition) is 3. The Morgan fingerprint density at radius 1 is 1.29 bits per heavy atom. The number of aliphatic imine (C=N–C) groups is 1. The number of likely N-dealkylation sites (tertiary alicyclic amines) is 1. The minimum atomic E-state index is -0.824. The van der Waals surface area contributed by atoms with Gasteiger partial charge in [0.2, 0.25) is 0 Å². The van der Waals surface area contributed by atoms with Gasteiger partial charge in [-0.05, 0) is 60.4 Å². The molecule has 0 amide bonds. The molecule has 1 rings (SSSR count). The second-order valence-electron chi connectivity index (χ2n) is 7.58. The number of rotatable bonds is 8. The highest BCUT2D eigenvalue weighted by Crippen LogP contribution is 2.16. The second-order valence-corrected chi connectivity index (χ2v) is 9.91. The summed E-state index contributed by atoms with van der Waals surface area (Å²) in [6, 6.07) is 0.724. The molecule has 6 heteroatoms. The van der Waals surface area contributed by atoms with E-state index in [-0.39, 0.29) is 4.75 Å². The Hall–Kier alpha value is -0.620. The molecular weight excluding hydrogens is 320 g/mol. The molecule has 0 aromatic heterocycles. The molecule has 1 fully saturated rings. The van der Waals surface area contributed by atoms with Crippen molar-refractivity contribution in [3.05, 3.63) is 0 Å². The first-order valence-corrected chi connectivity index (χ1v) is 10.8. The summed E-state index contributed by atoms with van der Waals surface area (Å²) in [4.78, 5) is 7.24. The van der Waals surface area contributed by atoms with Crippen molar-refractivity contribution in [3.8, 4) is 0 Å². The molecule has 2 N–H and O–H groups in total. The molecule has 0 saturated carbocycles. The molecule has 0 radical (unpaired) electrons. The van der Waals surface area contributed by atoms with Crippen LogP contribution in [0.2, 0.25) is 0 Å². The van der Waals surface area contributed by atoms with Crippen LogP contribution in [-0.2, 0) is 10.8 Å². The van der Waals surface area contributed by atoms with Crippen LogP contribution in [0.4, 0.5) is 0 Å². The third-order valence-electron chi connectivity index (χ3n) is 4.42. The SMILES string of the molecule is CCNC(=NCCCN1CCCCC1C)NCCS(=O)C(C)(C)C. The molecule has 0 aromatic rings. The van der Waals surface area contributed by atoms with Gasteiger partial charge in [0, 0.05) is 53.5 Å². The summed E-state index contributed by atoms with van der Waals surface area (Å²) >= 11 is 0. The van der Waals surface area contributed by atoms with Crippen LogP contribution < -0.4 is 10.6 Å². The monoisotopic (exact) mass is 358 g/mol. The molecule has 1 aliphatic rings. The zero-order valence-electron chi connectivity index (χ0n) is 16.4. The topological polar surface area (TPSA) is 56.7 Å². The van der Waals surface area contributed by atoms with Crippen molar-refractivity contribution in [1.29, 1.82) is 0 Å². The van der Waals surface area contributed by atoms with Crippen molar-refractivity contribution in [2.75, 3.05) is 38.5 Å². The standard InChI is InChI=1S/C18H38N4OS/c1-6-19-17(21-12-15-24(23)18(3,4)5)20-11-9-14-22-13-8-7-10-16(22)2/h16H,6-15H2,1-5H3,(H2,19,20,21). The first-order chi connectivity index (χ1) is 11.3. The third-order valence-corrected chi connectivity index (χ3v) is 6.36. The highest BCUT2D eigenvalue weighted by atomic mass is 32.2. The smallest absolute Gasteiger partial charge is 0.191 e. The van der Waals surface area contributed by atoms with Crippen LogP contribution in [0, 0.1) is 0 Å². The van der Waals surface area contributed by atoms with Crippen molar-refractivity contribution >= 4 is 16.8 Å². The van der Waals surface area contributed by atoms with Crippen LogP contribution >= 0.6 is 0 Å². The quantitative estimate of drug-likeness (QED) is 0.397. The van der Waals surface area contributed by atoms with Crippen LogP contribution in [0.3, 0.4) is 0 Å². The van der Waals surface area contributed by atoms with Crippen molar-refractivity contribution in [1.82, 2.24) is 15.5 Å². The predicted octanol–water partition coefficient (Wildman–Crippen LogP) is 2.35. The van der Waals surface area contributed by atoms with Gasteiger partial charge in [-0.25, -0.2) is 0 Å². The lowest BCUT2D eigenvalue weighted by Crippen LogP contribution is -2.41. The van der Waals surface area contributed by atoms with E-state index in [1.165, 1.54) is 25.8 Å². The zero-order valence-corrected chi connectivity index (χ0v) is 17.2. The Balaban J connectivity index is 2.30. The first-order valence-electron chi connectivity index (χ1n) is 9.49. The average Bonchev–Trinajstić information content (AvgIpc) is 2.52. The first kappa shape index (κ1) is 21.4. The molecule has 1 saturated heterocycles. The van der Waals surface area contributed by atoms with E-state index < -0.39 is 10.8 Å². The Bertz CT molecular complexity index is 406. The Morgan fingerprint density at radius 3 is 2.67 bits per heavy atom. The summed E-state index contributed by atoms with van der Waals surface area (Å²) in [6.45, 7) is 15.2. The molecular formula is C18H38N4OS. The van der Waals surface area contributed by atoms with Gasteiger partial charge in [0.25, 0.3) is 0 Å². The van der Waals surface area contributed by atoms with Crippen LogP contribution in [0.25, 0.3) is 0 Å². The van der Waals surface area contributed by atoms with Crippen molar-refractivity contribution in [2.24, 2.45) is 4.99 Å². The van der Waals surface area contributed by atoms with E-state index in [4.69, 9.17) is 0 Å². The largest absolute Gasteiger partial charge is 0.357 e. The number of piperidine rings is 1. The summed E-state index contributed by atoms with van der Waals surface area (Å²) in [5.74, 6) is 1.49. The van der Waals surface area contributed by atoms with Gasteiger partial charge in [-0.15, -0.1) is 0 Å². The van der Waals surface area contributed by atoms with Gasteiger partial charge in [0.15, 0.2) is 5.96 Å². The summed E-state index contributed by atoms with van der Waals surface area (Å²) < 4.78 is 11.9. The van der Waals surface area contributed by atoms with Gasteiger partial charge in [0.1, 0.15) is 0 Å². The van der Waals surface area contributed by atoms with E-state index in [1.54, 1.807) is 0 Å². The van der Waals surface area contributed by atoms with Gasteiger partial charge >= 0.3 is 0 Å². The fourth-order valence-electron chi connectivity index (χ4n) is 2.86. The fraction of sp³-hybridized carbons (Fsp3) is 0.944. The zero-order chi connectivity index (χ0) is 18.0. The highest BCUT2D eigenvalue weighted by Gasteiger charge is 2.19. The molecule has 24 heavy (non-hydrogen) atoms. The maximum absolute atomic E-state index is 12.1. The maximum Gasteiger partial charge on any atom is 0.191 e. The lowest BCUT2D eigenvalue weighted by molar-refractivity contribution is 0.160. The number of nitrogens with one attached hydrogen (secondary N) is 2. The van der Waals surface area contributed by atoms with Crippen molar-refractivity contribution in [3.63, 3.8) is 0 Å². The summed E-state index contributed by atoms with van der Waals surface area (Å²) in [5.41, 5.74) is 0. The summed E-state index contributed by atoms with van der Waals surface area (Å²) in [5, 5.41) is 6.57. The molecule has 0 aromatic carbocycles. The van der Waals surface area contributed by atoms with E-state index in [9.17, 15) is 4.21 Å². The Kier molecular flexibility index (Phi) is 9.89. The Morgan fingerprint density at radius 2 is 2.04 bits per heavy atom. The van der Waals surface area contributed by atoms with Crippen LogP contribution in [0.15, 0.2) is 4.99 Å². The normalized spacial score (nSPS) is 21.5. The molecule has 2 atom stereocenters. The van der Waals surface area contributed by atoms with Gasteiger partial charge in [-0.2, -0.15) is 0 Å².